The average molecular weight is 363 g/mol. The lowest BCUT2D eigenvalue weighted by atomic mass is 10.1. The highest BCUT2D eigenvalue weighted by Gasteiger charge is 2.17. The van der Waals surface area contributed by atoms with Crippen molar-refractivity contribution in [2.24, 2.45) is 16.8 Å². The Balaban J connectivity index is 2.64. The third kappa shape index (κ3) is 4.60. The van der Waals surface area contributed by atoms with Crippen molar-refractivity contribution < 1.29 is 14.5 Å². The maximum atomic E-state index is 12.5. The van der Waals surface area contributed by atoms with Crippen molar-refractivity contribution in [2.75, 3.05) is 0 Å². The molecular formula is C17H21N3O4S. The first kappa shape index (κ1) is 19.0. The molecule has 2 aromatic rings. The summed E-state index contributed by atoms with van der Waals surface area (Å²) in [5.41, 5.74) is 0.443. The molecular weight excluding hydrogens is 342 g/mol. The summed E-state index contributed by atoms with van der Waals surface area (Å²) in [7, 11) is 0. The number of amides is 1. The molecule has 0 radical (unpaired) electrons. The summed E-state index contributed by atoms with van der Waals surface area (Å²) < 4.78 is 1.81. The van der Waals surface area contributed by atoms with Gasteiger partial charge in [-0.25, -0.2) is 8.95 Å². The van der Waals surface area contributed by atoms with Crippen molar-refractivity contribution in [1.29, 1.82) is 0 Å². The number of nitro groups is 1. The van der Waals surface area contributed by atoms with Crippen LogP contribution in [0.1, 0.15) is 45.3 Å². The van der Waals surface area contributed by atoms with Gasteiger partial charge in [0, 0.05) is 30.4 Å². The lowest BCUT2D eigenvalue weighted by Crippen LogP contribution is -2.10. The Labute approximate surface area is 149 Å². The van der Waals surface area contributed by atoms with Crippen LogP contribution in [0.4, 0.5) is 5.69 Å². The van der Waals surface area contributed by atoms with Crippen LogP contribution in [0, 0.1) is 22.0 Å². The highest BCUT2D eigenvalue weighted by Crippen LogP contribution is 2.22. The van der Waals surface area contributed by atoms with E-state index in [1.54, 1.807) is 0 Å². The second-order valence-electron chi connectivity index (χ2n) is 6.74. The van der Waals surface area contributed by atoms with Crippen molar-refractivity contribution >= 4 is 39.9 Å². The SMILES string of the molecule is CC(C)CC(=O)N=c1sn(C(=O)CC(C)C)c2ccc([N+](=O)[O-])cc12. The number of benzene rings is 1. The van der Waals surface area contributed by atoms with Crippen LogP contribution in [-0.4, -0.2) is 20.7 Å². The quantitative estimate of drug-likeness (QED) is 0.597. The molecule has 1 heterocycles. The van der Waals surface area contributed by atoms with Gasteiger partial charge in [0.1, 0.15) is 4.67 Å². The molecule has 0 N–H and O–H groups in total. The number of nitro benzene ring substituents is 1. The van der Waals surface area contributed by atoms with E-state index in [9.17, 15) is 19.7 Å². The van der Waals surface area contributed by atoms with Crippen LogP contribution >= 0.6 is 11.5 Å². The predicted octanol–water partition coefficient (Wildman–Crippen LogP) is 3.77. The van der Waals surface area contributed by atoms with Gasteiger partial charge in [-0.3, -0.25) is 19.7 Å². The minimum absolute atomic E-state index is 0.0958. The van der Waals surface area contributed by atoms with Gasteiger partial charge < -0.3 is 0 Å². The Morgan fingerprint density at radius 1 is 1.20 bits per heavy atom. The van der Waals surface area contributed by atoms with Gasteiger partial charge in [-0.1, -0.05) is 27.7 Å². The van der Waals surface area contributed by atoms with E-state index in [1.807, 2.05) is 27.7 Å². The molecule has 1 amide bonds. The number of hydrogen-bond acceptors (Lipinski definition) is 5. The van der Waals surface area contributed by atoms with Crippen LogP contribution in [0.15, 0.2) is 23.2 Å². The van der Waals surface area contributed by atoms with E-state index in [-0.39, 0.29) is 35.8 Å². The number of aromatic nitrogens is 1. The summed E-state index contributed by atoms with van der Waals surface area (Å²) in [6, 6.07) is 4.26. The summed E-state index contributed by atoms with van der Waals surface area (Å²) in [6.07, 6.45) is 0.630. The van der Waals surface area contributed by atoms with Crippen LogP contribution in [0.2, 0.25) is 0 Å². The largest absolute Gasteiger partial charge is 0.273 e. The van der Waals surface area contributed by atoms with Crippen molar-refractivity contribution in [3.8, 4) is 0 Å². The van der Waals surface area contributed by atoms with Gasteiger partial charge >= 0.3 is 0 Å². The molecule has 0 bridgehead atoms. The van der Waals surface area contributed by atoms with Gasteiger partial charge in [0.05, 0.1) is 10.4 Å². The monoisotopic (exact) mass is 363 g/mol. The van der Waals surface area contributed by atoms with Crippen LogP contribution in [-0.2, 0) is 4.79 Å². The highest BCUT2D eigenvalue weighted by molar-refractivity contribution is 7.06. The van der Waals surface area contributed by atoms with Gasteiger partial charge in [-0.15, -0.1) is 0 Å². The summed E-state index contributed by atoms with van der Waals surface area (Å²) in [5.74, 6) is -0.0746. The molecule has 7 nitrogen and oxygen atoms in total. The molecule has 0 fully saturated rings. The zero-order chi connectivity index (χ0) is 18.7. The first-order valence-corrected chi connectivity index (χ1v) is 8.87. The van der Waals surface area contributed by atoms with E-state index >= 15 is 0 Å². The number of carbonyl (C=O) groups excluding carboxylic acids is 2. The van der Waals surface area contributed by atoms with E-state index in [4.69, 9.17) is 0 Å². The number of rotatable bonds is 5. The van der Waals surface area contributed by atoms with E-state index < -0.39 is 4.92 Å². The Hall–Kier alpha value is -2.35. The summed E-state index contributed by atoms with van der Waals surface area (Å²) in [6.45, 7) is 7.71. The van der Waals surface area contributed by atoms with Crippen molar-refractivity contribution in [3.63, 3.8) is 0 Å². The van der Waals surface area contributed by atoms with E-state index in [0.29, 0.717) is 22.0 Å². The number of nitrogens with zero attached hydrogens (tertiary/aromatic N) is 3. The highest BCUT2D eigenvalue weighted by atomic mass is 32.1. The molecule has 0 aliphatic carbocycles. The molecule has 2 rings (SSSR count). The molecule has 0 aliphatic heterocycles. The lowest BCUT2D eigenvalue weighted by molar-refractivity contribution is -0.384. The Morgan fingerprint density at radius 2 is 1.84 bits per heavy atom. The topological polar surface area (TPSA) is 94.6 Å². The van der Waals surface area contributed by atoms with Gasteiger partial charge in [0.25, 0.3) is 5.69 Å². The Morgan fingerprint density at radius 3 is 2.40 bits per heavy atom. The maximum Gasteiger partial charge on any atom is 0.270 e. The number of carbonyl (C=O) groups is 2. The molecule has 0 aliphatic rings. The molecule has 0 saturated carbocycles. The summed E-state index contributed by atoms with van der Waals surface area (Å²) in [5, 5.41) is 11.5. The third-order valence-corrected chi connectivity index (χ3v) is 4.50. The zero-order valence-electron chi connectivity index (χ0n) is 14.7. The van der Waals surface area contributed by atoms with Gasteiger partial charge in [0.15, 0.2) is 0 Å². The Kier molecular flexibility index (Phi) is 5.84. The fourth-order valence-corrected chi connectivity index (χ4v) is 3.39. The summed E-state index contributed by atoms with van der Waals surface area (Å²) >= 11 is 1.06. The van der Waals surface area contributed by atoms with E-state index in [1.165, 1.54) is 22.2 Å². The fraction of sp³-hybridized carbons (Fsp3) is 0.471. The summed E-state index contributed by atoms with van der Waals surface area (Å²) in [4.78, 5) is 39.2. The van der Waals surface area contributed by atoms with Crippen molar-refractivity contribution in [3.05, 3.63) is 33.0 Å². The first-order valence-electron chi connectivity index (χ1n) is 8.10. The second kappa shape index (κ2) is 7.69. The zero-order valence-corrected chi connectivity index (χ0v) is 15.5. The van der Waals surface area contributed by atoms with Gasteiger partial charge in [0.2, 0.25) is 11.8 Å². The minimum atomic E-state index is -0.503. The second-order valence-corrected chi connectivity index (χ2v) is 7.68. The number of fused-ring (bicyclic) bond motifs is 1. The van der Waals surface area contributed by atoms with Crippen LogP contribution in [0.5, 0.6) is 0 Å². The molecule has 134 valence electrons. The lowest BCUT2D eigenvalue weighted by Gasteiger charge is -2.04. The molecule has 0 unspecified atom stereocenters. The Bertz CT molecular complexity index is 893. The minimum Gasteiger partial charge on any atom is -0.273 e. The number of hydrogen-bond donors (Lipinski definition) is 0. The molecule has 0 saturated heterocycles. The normalized spacial score (nSPS) is 12.3. The third-order valence-electron chi connectivity index (χ3n) is 3.44. The standard InChI is InChI=1S/C17H21N3O4S/c1-10(2)7-15(21)18-17-13-9-12(20(23)24)5-6-14(13)19(25-17)16(22)8-11(3)4/h5-6,9-11H,7-8H2,1-4H3. The molecule has 0 spiro atoms. The van der Waals surface area contributed by atoms with Crippen molar-refractivity contribution in [1.82, 2.24) is 3.96 Å². The number of non-ortho nitro benzene ring substituents is 1. The first-order chi connectivity index (χ1) is 11.7. The van der Waals surface area contributed by atoms with Gasteiger partial charge in [-0.2, -0.15) is 0 Å². The molecule has 25 heavy (non-hydrogen) atoms. The van der Waals surface area contributed by atoms with E-state index in [0.717, 1.165) is 11.5 Å². The molecule has 1 aromatic carbocycles. The van der Waals surface area contributed by atoms with Crippen LogP contribution < -0.4 is 4.67 Å². The van der Waals surface area contributed by atoms with E-state index in [2.05, 4.69) is 4.99 Å². The smallest absolute Gasteiger partial charge is 0.270 e. The predicted molar refractivity (Wildman–Crippen MR) is 96.6 cm³/mol. The van der Waals surface area contributed by atoms with Crippen LogP contribution in [0.25, 0.3) is 10.9 Å². The van der Waals surface area contributed by atoms with Crippen LogP contribution in [0.3, 0.4) is 0 Å². The maximum absolute atomic E-state index is 12.5. The van der Waals surface area contributed by atoms with Gasteiger partial charge in [-0.05, 0) is 29.4 Å². The fourth-order valence-electron chi connectivity index (χ4n) is 2.38. The van der Waals surface area contributed by atoms with Crippen molar-refractivity contribution in [2.45, 2.75) is 40.5 Å². The molecule has 0 atom stereocenters. The molecule has 1 aromatic heterocycles. The average Bonchev–Trinajstić information content (AvgIpc) is 2.83. The molecule has 8 heteroatoms.